The number of carboxylic acids is 1. The molecule has 0 bridgehead atoms. The molecule has 3 heterocycles. The average molecular weight is 502 g/mol. The smallest absolute Gasteiger partial charge is 0.303 e. The molecule has 5 rings (SSSR count). The Labute approximate surface area is 211 Å². The molecule has 0 radical (unpaired) electrons. The zero-order valence-corrected chi connectivity index (χ0v) is 20.1. The molecule has 0 aliphatic carbocycles. The van der Waals surface area contributed by atoms with Crippen LogP contribution < -0.4 is 4.74 Å². The maximum atomic E-state index is 13.4. The van der Waals surface area contributed by atoms with Crippen LogP contribution >= 0.6 is 0 Å². The van der Waals surface area contributed by atoms with Crippen LogP contribution in [0.2, 0.25) is 0 Å². The molecule has 188 valence electrons. The summed E-state index contributed by atoms with van der Waals surface area (Å²) in [6.07, 6.45) is 3.73. The summed E-state index contributed by atoms with van der Waals surface area (Å²) in [6, 6.07) is 17.2. The minimum absolute atomic E-state index is 0.0140. The van der Waals surface area contributed by atoms with Gasteiger partial charge in [0.25, 0.3) is 5.89 Å². The number of rotatable bonds is 10. The first-order valence-corrected chi connectivity index (χ1v) is 11.7. The van der Waals surface area contributed by atoms with Crippen LogP contribution in [0.1, 0.15) is 29.0 Å². The highest BCUT2D eigenvalue weighted by Gasteiger charge is 2.15. The Hall–Kier alpha value is -4.66. The third-order valence-electron chi connectivity index (χ3n) is 5.83. The molecule has 3 aromatic heterocycles. The Morgan fingerprint density at radius 3 is 2.59 bits per heavy atom. The van der Waals surface area contributed by atoms with Crippen LogP contribution in [0.3, 0.4) is 0 Å². The lowest BCUT2D eigenvalue weighted by atomic mass is 10.0. The number of aromatic nitrogens is 3. The van der Waals surface area contributed by atoms with Gasteiger partial charge in [-0.05, 0) is 73.0 Å². The molecule has 1 N–H and O–H groups in total. The van der Waals surface area contributed by atoms with Crippen molar-refractivity contribution in [2.75, 3.05) is 0 Å². The SMILES string of the molecule is Cc1oc(-c2ccco2)nc1COc1ccc(Cn2cc(CCC(=O)O)c(-c3ccc(F)cc3)n2)cc1. The Morgan fingerprint density at radius 2 is 1.89 bits per heavy atom. The Morgan fingerprint density at radius 1 is 1.11 bits per heavy atom. The average Bonchev–Trinajstić information content (AvgIpc) is 3.63. The maximum absolute atomic E-state index is 13.4. The van der Waals surface area contributed by atoms with E-state index in [4.69, 9.17) is 18.7 Å². The van der Waals surface area contributed by atoms with Crippen molar-refractivity contribution in [3.8, 4) is 28.7 Å². The number of carbonyl (C=O) groups is 1. The summed E-state index contributed by atoms with van der Waals surface area (Å²) in [5, 5.41) is 13.8. The normalized spacial score (nSPS) is 11.1. The number of aliphatic carboxylic acids is 1. The summed E-state index contributed by atoms with van der Waals surface area (Å²) in [5.74, 6) is 1.10. The number of hydrogen-bond donors (Lipinski definition) is 1. The molecule has 0 saturated heterocycles. The van der Waals surface area contributed by atoms with Crippen molar-refractivity contribution in [1.29, 1.82) is 0 Å². The molecule has 5 aromatic rings. The standard InChI is InChI=1S/C28H24FN3O5/c1-18-24(30-28(37-18)25-3-2-14-35-25)17-36-23-11-4-19(5-12-23)15-32-16-21(8-13-26(33)34)27(31-32)20-6-9-22(29)10-7-20/h2-7,9-12,14,16H,8,13,15,17H2,1H3,(H,33,34). The first-order chi connectivity index (χ1) is 17.9. The van der Waals surface area contributed by atoms with Crippen LogP contribution in [0.4, 0.5) is 4.39 Å². The van der Waals surface area contributed by atoms with Crippen LogP contribution in [0.15, 0.2) is 82.0 Å². The van der Waals surface area contributed by atoms with Gasteiger partial charge in [-0.15, -0.1) is 0 Å². The maximum Gasteiger partial charge on any atom is 0.303 e. The van der Waals surface area contributed by atoms with E-state index in [0.29, 0.717) is 47.5 Å². The number of oxazole rings is 1. The van der Waals surface area contributed by atoms with E-state index >= 15 is 0 Å². The lowest BCUT2D eigenvalue weighted by Gasteiger charge is -2.07. The number of benzene rings is 2. The minimum atomic E-state index is -0.883. The zero-order valence-electron chi connectivity index (χ0n) is 20.1. The summed E-state index contributed by atoms with van der Waals surface area (Å²) in [7, 11) is 0. The quantitative estimate of drug-likeness (QED) is 0.254. The van der Waals surface area contributed by atoms with Crippen molar-refractivity contribution in [3.63, 3.8) is 0 Å². The van der Waals surface area contributed by atoms with Crippen LogP contribution in [0.5, 0.6) is 5.75 Å². The Balaban J connectivity index is 1.26. The third-order valence-corrected chi connectivity index (χ3v) is 5.83. The van der Waals surface area contributed by atoms with Crippen LogP contribution in [-0.2, 0) is 24.4 Å². The number of carboxylic acid groups (broad SMARTS) is 1. The highest BCUT2D eigenvalue weighted by Crippen LogP contribution is 2.25. The van der Waals surface area contributed by atoms with Gasteiger partial charge in [-0.25, -0.2) is 9.37 Å². The van der Waals surface area contributed by atoms with Gasteiger partial charge in [0.05, 0.1) is 18.5 Å². The van der Waals surface area contributed by atoms with Gasteiger partial charge in [0, 0.05) is 18.2 Å². The van der Waals surface area contributed by atoms with E-state index < -0.39 is 5.97 Å². The number of furan rings is 1. The van der Waals surface area contributed by atoms with Crippen molar-refractivity contribution in [2.45, 2.75) is 32.9 Å². The molecule has 9 heteroatoms. The molecule has 0 atom stereocenters. The number of hydrogen-bond acceptors (Lipinski definition) is 6. The number of nitrogens with zero attached hydrogens (tertiary/aromatic N) is 3. The monoisotopic (exact) mass is 501 g/mol. The van der Waals surface area contributed by atoms with Crippen molar-refractivity contribution in [1.82, 2.24) is 14.8 Å². The van der Waals surface area contributed by atoms with E-state index in [1.807, 2.05) is 37.4 Å². The van der Waals surface area contributed by atoms with E-state index in [1.165, 1.54) is 12.1 Å². The fourth-order valence-electron chi connectivity index (χ4n) is 3.92. The fraction of sp³-hybridized carbons (Fsp3) is 0.179. The lowest BCUT2D eigenvalue weighted by Crippen LogP contribution is -2.01. The highest BCUT2D eigenvalue weighted by molar-refractivity contribution is 5.68. The number of ether oxygens (including phenoxy) is 1. The molecule has 0 saturated carbocycles. The van der Waals surface area contributed by atoms with E-state index in [9.17, 15) is 9.18 Å². The van der Waals surface area contributed by atoms with Crippen molar-refractivity contribution in [2.24, 2.45) is 0 Å². The Kier molecular flexibility index (Phi) is 6.85. The van der Waals surface area contributed by atoms with Gasteiger partial charge < -0.3 is 18.7 Å². The molecule has 0 aliphatic rings. The summed E-state index contributed by atoms with van der Waals surface area (Å²) in [4.78, 5) is 15.6. The second-order valence-electron chi connectivity index (χ2n) is 8.53. The molecule has 0 aliphatic heterocycles. The molecule has 2 aromatic carbocycles. The van der Waals surface area contributed by atoms with Gasteiger partial charge in [0.2, 0.25) is 0 Å². The first kappa shape index (κ1) is 24.1. The molecule has 0 unspecified atom stereocenters. The lowest BCUT2D eigenvalue weighted by molar-refractivity contribution is -0.136. The topological polar surface area (TPSA) is 104 Å². The largest absolute Gasteiger partial charge is 0.487 e. The van der Waals surface area contributed by atoms with Gasteiger partial charge in [-0.3, -0.25) is 9.48 Å². The van der Waals surface area contributed by atoms with E-state index in [2.05, 4.69) is 10.1 Å². The zero-order chi connectivity index (χ0) is 25.8. The number of halogens is 1. The molecule has 0 spiro atoms. The van der Waals surface area contributed by atoms with Gasteiger partial charge in [0.1, 0.15) is 29.6 Å². The van der Waals surface area contributed by atoms with E-state index in [1.54, 1.807) is 35.2 Å². The Bertz CT molecular complexity index is 1490. The molecule has 8 nitrogen and oxygen atoms in total. The molecule has 0 amide bonds. The van der Waals surface area contributed by atoms with Gasteiger partial charge in [-0.1, -0.05) is 12.1 Å². The molecule has 37 heavy (non-hydrogen) atoms. The summed E-state index contributed by atoms with van der Waals surface area (Å²) < 4.78 is 32.0. The van der Waals surface area contributed by atoms with E-state index in [0.717, 1.165) is 16.7 Å². The van der Waals surface area contributed by atoms with Gasteiger partial charge in [0.15, 0.2) is 5.76 Å². The van der Waals surface area contributed by atoms with Gasteiger partial charge in [-0.2, -0.15) is 5.10 Å². The van der Waals surface area contributed by atoms with Crippen molar-refractivity contribution in [3.05, 3.63) is 102 Å². The van der Waals surface area contributed by atoms with Crippen molar-refractivity contribution < 1.29 is 27.9 Å². The summed E-state index contributed by atoms with van der Waals surface area (Å²) >= 11 is 0. The predicted molar refractivity (Wildman–Crippen MR) is 132 cm³/mol. The summed E-state index contributed by atoms with van der Waals surface area (Å²) in [6.45, 7) is 2.56. The molecular formula is C28H24FN3O5. The van der Waals surface area contributed by atoms with Crippen LogP contribution in [-0.4, -0.2) is 25.8 Å². The van der Waals surface area contributed by atoms with Crippen LogP contribution in [0, 0.1) is 12.7 Å². The second kappa shape index (κ2) is 10.5. The van der Waals surface area contributed by atoms with Crippen LogP contribution in [0.25, 0.3) is 22.9 Å². The van der Waals surface area contributed by atoms with E-state index in [-0.39, 0.29) is 18.8 Å². The second-order valence-corrected chi connectivity index (χ2v) is 8.53. The minimum Gasteiger partial charge on any atom is -0.487 e. The van der Waals surface area contributed by atoms with Crippen molar-refractivity contribution >= 4 is 5.97 Å². The van der Waals surface area contributed by atoms with Gasteiger partial charge >= 0.3 is 5.97 Å². The predicted octanol–water partition coefficient (Wildman–Crippen LogP) is 5.89. The third kappa shape index (κ3) is 5.78. The summed E-state index contributed by atoms with van der Waals surface area (Å²) in [5.41, 5.74) is 3.86. The first-order valence-electron chi connectivity index (χ1n) is 11.7. The fourth-order valence-corrected chi connectivity index (χ4v) is 3.92. The number of aryl methyl sites for hydroxylation is 2. The highest BCUT2D eigenvalue weighted by atomic mass is 19.1. The molecule has 0 fully saturated rings. The molecular weight excluding hydrogens is 477 g/mol.